The van der Waals surface area contributed by atoms with E-state index in [1.807, 2.05) is 32.2 Å². The smallest absolute Gasteiger partial charge is 0.363 e. The summed E-state index contributed by atoms with van der Waals surface area (Å²) in [5, 5.41) is 7.05. The Morgan fingerprint density at radius 3 is 2.36 bits per heavy atom. The molecule has 0 fully saturated rings. The lowest BCUT2D eigenvalue weighted by Gasteiger charge is -2.24. The molecular formula is C15H22F3N7. The predicted molar refractivity (Wildman–Crippen MR) is 89.5 cm³/mol. The van der Waals surface area contributed by atoms with E-state index in [0.29, 0.717) is 6.54 Å². The molecule has 0 saturated carbocycles. The Labute approximate surface area is 144 Å². The second-order valence-corrected chi connectivity index (χ2v) is 6.13. The molecule has 0 aromatic carbocycles. The number of anilines is 2. The van der Waals surface area contributed by atoms with Crippen molar-refractivity contribution in [3.63, 3.8) is 0 Å². The van der Waals surface area contributed by atoms with Gasteiger partial charge in [-0.1, -0.05) is 0 Å². The molecule has 10 heteroatoms. The molecule has 0 radical (unpaired) electrons. The number of hydrogen-bond donors (Lipinski definition) is 1. The average Bonchev–Trinajstić information content (AvgIpc) is 2.92. The van der Waals surface area contributed by atoms with Crippen molar-refractivity contribution in [2.24, 2.45) is 7.05 Å². The van der Waals surface area contributed by atoms with E-state index >= 15 is 0 Å². The maximum absolute atomic E-state index is 13.1. The van der Waals surface area contributed by atoms with E-state index in [2.05, 4.69) is 20.4 Å². The van der Waals surface area contributed by atoms with Crippen molar-refractivity contribution >= 4 is 11.8 Å². The van der Waals surface area contributed by atoms with Crippen molar-refractivity contribution in [3.05, 3.63) is 29.7 Å². The average molecular weight is 357 g/mol. The van der Waals surface area contributed by atoms with Crippen LogP contribution < -0.4 is 10.2 Å². The van der Waals surface area contributed by atoms with Crippen LogP contribution in [0, 0.1) is 0 Å². The number of aryl methyl sites for hydroxylation is 1. The van der Waals surface area contributed by atoms with Gasteiger partial charge < -0.3 is 15.1 Å². The number of alkyl halides is 3. The van der Waals surface area contributed by atoms with E-state index in [1.165, 1.54) is 4.90 Å². The molecular weight excluding hydrogens is 335 g/mol. The van der Waals surface area contributed by atoms with Crippen molar-refractivity contribution in [2.75, 3.05) is 45.0 Å². The second kappa shape index (κ2) is 7.26. The Bertz CT molecular complexity index is 709. The molecule has 138 valence electrons. The summed E-state index contributed by atoms with van der Waals surface area (Å²) in [4.78, 5) is 11.2. The van der Waals surface area contributed by atoms with Crippen LogP contribution in [0.3, 0.4) is 0 Å². The molecule has 0 amide bonds. The minimum Gasteiger partial charge on any atom is -0.363 e. The lowest BCUT2D eigenvalue weighted by atomic mass is 10.1. The summed E-state index contributed by atoms with van der Waals surface area (Å²) in [6.07, 6.45) is -0.941. The predicted octanol–water partition coefficient (Wildman–Crippen LogP) is 2.01. The molecule has 1 N–H and O–H groups in total. The minimum absolute atomic E-state index is 0.0609. The van der Waals surface area contributed by atoms with Gasteiger partial charge in [0.15, 0.2) is 5.69 Å². The number of aromatic nitrogens is 4. The van der Waals surface area contributed by atoms with Crippen molar-refractivity contribution in [3.8, 4) is 0 Å². The quantitative estimate of drug-likeness (QED) is 0.853. The third kappa shape index (κ3) is 4.81. The molecule has 2 aromatic rings. The molecule has 2 rings (SSSR count). The lowest BCUT2D eigenvalue weighted by Crippen LogP contribution is -2.27. The summed E-state index contributed by atoms with van der Waals surface area (Å²) < 4.78 is 40.8. The molecule has 25 heavy (non-hydrogen) atoms. The summed E-state index contributed by atoms with van der Waals surface area (Å²) in [5.74, 6) is 0.127. The molecule has 0 bridgehead atoms. The number of likely N-dealkylation sites (N-methyl/N-ethyl adjacent to an activating group) is 1. The fourth-order valence-electron chi connectivity index (χ4n) is 2.29. The highest BCUT2D eigenvalue weighted by Crippen LogP contribution is 2.30. The van der Waals surface area contributed by atoms with E-state index < -0.39 is 11.9 Å². The number of rotatable bonds is 6. The fourth-order valence-corrected chi connectivity index (χ4v) is 2.29. The molecule has 0 aliphatic heterocycles. The Balaban J connectivity index is 2.24. The van der Waals surface area contributed by atoms with Gasteiger partial charge in [0.25, 0.3) is 0 Å². The summed E-state index contributed by atoms with van der Waals surface area (Å²) >= 11 is 0. The van der Waals surface area contributed by atoms with Crippen LogP contribution in [0.4, 0.5) is 24.9 Å². The third-order valence-electron chi connectivity index (χ3n) is 3.65. The van der Waals surface area contributed by atoms with Gasteiger partial charge in [0.1, 0.15) is 5.82 Å². The minimum atomic E-state index is -4.53. The Morgan fingerprint density at radius 2 is 1.88 bits per heavy atom. The maximum atomic E-state index is 13.1. The number of nitrogens with zero attached hydrogens (tertiary/aromatic N) is 6. The molecule has 2 heterocycles. The third-order valence-corrected chi connectivity index (χ3v) is 3.65. The zero-order valence-corrected chi connectivity index (χ0v) is 14.8. The van der Waals surface area contributed by atoms with Crippen LogP contribution in [-0.4, -0.2) is 59.4 Å². The monoisotopic (exact) mass is 357 g/mol. The van der Waals surface area contributed by atoms with E-state index in [9.17, 15) is 13.2 Å². The van der Waals surface area contributed by atoms with Crippen LogP contribution in [0.15, 0.2) is 18.5 Å². The highest BCUT2D eigenvalue weighted by Gasteiger charge is 2.34. The van der Waals surface area contributed by atoms with E-state index in [0.717, 1.165) is 11.6 Å². The molecule has 0 aliphatic rings. The van der Waals surface area contributed by atoms with Gasteiger partial charge in [-0.3, -0.25) is 4.68 Å². The second-order valence-electron chi connectivity index (χ2n) is 6.13. The van der Waals surface area contributed by atoms with Crippen LogP contribution in [0.1, 0.15) is 17.3 Å². The van der Waals surface area contributed by atoms with E-state index in [-0.39, 0.29) is 17.8 Å². The molecule has 0 aliphatic carbocycles. The first-order chi connectivity index (χ1) is 11.6. The van der Waals surface area contributed by atoms with Crippen molar-refractivity contribution in [1.82, 2.24) is 24.6 Å². The van der Waals surface area contributed by atoms with Crippen LogP contribution in [-0.2, 0) is 13.2 Å². The molecule has 0 saturated heterocycles. The number of nitrogens with one attached hydrogen (secondary N) is 1. The summed E-state index contributed by atoms with van der Waals surface area (Å²) in [5.41, 5.74) is -0.0312. The topological polar surface area (TPSA) is 62.1 Å². The first kappa shape index (κ1) is 19.0. The molecule has 0 spiro atoms. The van der Waals surface area contributed by atoms with Crippen LogP contribution in [0.25, 0.3) is 0 Å². The van der Waals surface area contributed by atoms with Gasteiger partial charge >= 0.3 is 6.18 Å². The largest absolute Gasteiger partial charge is 0.433 e. The van der Waals surface area contributed by atoms with Gasteiger partial charge in [0, 0.05) is 45.5 Å². The highest BCUT2D eigenvalue weighted by atomic mass is 19.4. The molecule has 7 nitrogen and oxygen atoms in total. The van der Waals surface area contributed by atoms with Crippen molar-refractivity contribution in [2.45, 2.75) is 12.2 Å². The van der Waals surface area contributed by atoms with Gasteiger partial charge in [0.2, 0.25) is 5.95 Å². The maximum Gasteiger partial charge on any atom is 0.433 e. The fraction of sp³-hybridized carbons (Fsp3) is 0.533. The Hall–Kier alpha value is -2.36. The van der Waals surface area contributed by atoms with Gasteiger partial charge in [-0.2, -0.15) is 23.3 Å². The SMILES string of the molecule is CN(C)c1cc(C(F)(F)F)nc(NCC(c2cnn(C)c2)N(C)C)n1. The first-order valence-electron chi connectivity index (χ1n) is 7.60. The van der Waals surface area contributed by atoms with E-state index in [4.69, 9.17) is 0 Å². The summed E-state index contributed by atoms with van der Waals surface area (Å²) in [7, 11) is 8.84. The van der Waals surface area contributed by atoms with E-state index in [1.54, 1.807) is 25.0 Å². The highest BCUT2D eigenvalue weighted by molar-refractivity contribution is 5.44. The number of hydrogen-bond acceptors (Lipinski definition) is 6. The zero-order chi connectivity index (χ0) is 18.8. The zero-order valence-electron chi connectivity index (χ0n) is 14.8. The van der Waals surface area contributed by atoms with Crippen molar-refractivity contribution < 1.29 is 13.2 Å². The van der Waals surface area contributed by atoms with Gasteiger partial charge in [0.05, 0.1) is 12.2 Å². The first-order valence-corrected chi connectivity index (χ1v) is 7.60. The van der Waals surface area contributed by atoms with Crippen LogP contribution in [0.5, 0.6) is 0 Å². The molecule has 1 atom stereocenters. The Morgan fingerprint density at radius 1 is 1.20 bits per heavy atom. The lowest BCUT2D eigenvalue weighted by molar-refractivity contribution is -0.141. The summed E-state index contributed by atoms with van der Waals surface area (Å²) in [6.45, 7) is 0.340. The summed E-state index contributed by atoms with van der Waals surface area (Å²) in [6, 6.07) is 0.838. The van der Waals surface area contributed by atoms with Gasteiger partial charge in [-0.15, -0.1) is 0 Å². The Kier molecular flexibility index (Phi) is 5.51. The number of halogens is 3. The van der Waals surface area contributed by atoms with Crippen LogP contribution >= 0.6 is 0 Å². The molecule has 2 aromatic heterocycles. The standard InChI is InChI=1S/C15H22F3N7/c1-23(2)11(10-7-20-25(5)9-10)8-19-14-21-12(15(16,17)18)6-13(22-14)24(3)4/h6-7,9,11H,8H2,1-5H3,(H,19,21,22). The molecule has 1 unspecified atom stereocenters. The van der Waals surface area contributed by atoms with Gasteiger partial charge in [-0.05, 0) is 14.1 Å². The van der Waals surface area contributed by atoms with Gasteiger partial charge in [-0.25, -0.2) is 4.98 Å². The van der Waals surface area contributed by atoms with Crippen molar-refractivity contribution in [1.29, 1.82) is 0 Å². The normalized spacial score (nSPS) is 13.2. The van der Waals surface area contributed by atoms with Crippen LogP contribution in [0.2, 0.25) is 0 Å².